The van der Waals surface area contributed by atoms with Gasteiger partial charge in [-0.1, -0.05) is 18.2 Å². The first-order valence-electron chi connectivity index (χ1n) is 8.86. The van der Waals surface area contributed by atoms with Crippen molar-refractivity contribution in [2.45, 2.75) is 6.54 Å². The molecule has 0 spiro atoms. The van der Waals surface area contributed by atoms with E-state index in [1.165, 1.54) is 18.3 Å². The lowest BCUT2D eigenvalue weighted by Gasteiger charge is -2.04. The predicted octanol–water partition coefficient (Wildman–Crippen LogP) is 2.09. The first kappa shape index (κ1) is 18.4. The number of carbonyl (C=O) groups excluding carboxylic acids is 2. The van der Waals surface area contributed by atoms with Gasteiger partial charge in [-0.15, -0.1) is 0 Å². The number of aromatic nitrogens is 4. The predicted molar refractivity (Wildman–Crippen MR) is 104 cm³/mol. The Balaban J connectivity index is 1.30. The number of carbonyl (C=O) groups is 2. The molecule has 2 N–H and O–H groups in total. The third kappa shape index (κ3) is 4.46. The Kier molecular flexibility index (Phi) is 5.02. The quantitative estimate of drug-likeness (QED) is 0.525. The van der Waals surface area contributed by atoms with E-state index in [0.717, 1.165) is 11.1 Å². The molecule has 0 aliphatic heterocycles. The average Bonchev–Trinajstić information content (AvgIpc) is 3.34. The van der Waals surface area contributed by atoms with Crippen LogP contribution in [-0.2, 0) is 11.3 Å². The fourth-order valence-electron chi connectivity index (χ4n) is 2.80. The number of fused-ring (bicyclic) bond motifs is 1. The number of pyridine rings is 1. The number of nitrogens with zero attached hydrogens (tertiary/aromatic N) is 4. The zero-order chi connectivity index (χ0) is 20.2. The van der Waals surface area contributed by atoms with Crippen molar-refractivity contribution in [2.24, 2.45) is 0 Å². The van der Waals surface area contributed by atoms with Gasteiger partial charge in [0.2, 0.25) is 5.91 Å². The summed E-state index contributed by atoms with van der Waals surface area (Å²) < 4.78 is 16.2. The van der Waals surface area contributed by atoms with Gasteiger partial charge in [0.1, 0.15) is 5.82 Å². The SMILES string of the molecule is O=C(CNC(=O)c1cc2ccccn2n1)Nc1cnn(Cc2ccc(F)cc2)c1. The first-order chi connectivity index (χ1) is 14.1. The number of hydrogen-bond donors (Lipinski definition) is 2. The number of nitrogens with one attached hydrogen (secondary N) is 2. The molecule has 2 amide bonds. The van der Waals surface area contributed by atoms with E-state index in [1.807, 2.05) is 18.2 Å². The fraction of sp³-hybridized carbons (Fsp3) is 0.100. The molecule has 0 bridgehead atoms. The van der Waals surface area contributed by atoms with Crippen molar-refractivity contribution >= 4 is 23.0 Å². The summed E-state index contributed by atoms with van der Waals surface area (Å²) in [7, 11) is 0. The largest absolute Gasteiger partial charge is 0.342 e. The van der Waals surface area contributed by atoms with E-state index in [9.17, 15) is 14.0 Å². The molecule has 3 aromatic heterocycles. The standard InChI is InChI=1S/C20H17FN6O2/c21-15-6-4-14(5-7-15)12-26-13-16(10-23-26)24-19(28)11-22-20(29)18-9-17-3-1-2-8-27(17)25-18/h1-10,13H,11-12H2,(H,22,29)(H,24,28). The summed E-state index contributed by atoms with van der Waals surface area (Å²) in [5.74, 6) is -1.12. The Morgan fingerprint density at radius 3 is 2.72 bits per heavy atom. The third-order valence-corrected chi connectivity index (χ3v) is 4.19. The van der Waals surface area contributed by atoms with Gasteiger partial charge in [0, 0.05) is 12.4 Å². The fourth-order valence-corrected chi connectivity index (χ4v) is 2.80. The molecule has 0 fully saturated rings. The van der Waals surface area contributed by atoms with Crippen LogP contribution >= 0.6 is 0 Å². The summed E-state index contributed by atoms with van der Waals surface area (Å²) in [4.78, 5) is 24.3. The zero-order valence-corrected chi connectivity index (χ0v) is 15.2. The van der Waals surface area contributed by atoms with Crippen molar-refractivity contribution in [3.63, 3.8) is 0 Å². The highest BCUT2D eigenvalue weighted by molar-refractivity contribution is 5.98. The first-order valence-corrected chi connectivity index (χ1v) is 8.86. The smallest absolute Gasteiger partial charge is 0.272 e. The molecule has 4 rings (SSSR count). The number of amides is 2. The van der Waals surface area contributed by atoms with E-state index in [-0.39, 0.29) is 24.0 Å². The van der Waals surface area contributed by atoms with Gasteiger partial charge >= 0.3 is 0 Å². The summed E-state index contributed by atoms with van der Waals surface area (Å²) in [6.07, 6.45) is 4.90. The van der Waals surface area contributed by atoms with Gasteiger partial charge < -0.3 is 10.6 Å². The molecule has 0 saturated carbocycles. The molecule has 0 aliphatic carbocycles. The maximum Gasteiger partial charge on any atom is 0.272 e. The highest BCUT2D eigenvalue weighted by Crippen LogP contribution is 2.09. The Hall–Kier alpha value is -4.01. The van der Waals surface area contributed by atoms with Crippen LogP contribution in [0, 0.1) is 5.82 Å². The monoisotopic (exact) mass is 392 g/mol. The average molecular weight is 392 g/mol. The van der Waals surface area contributed by atoms with Crippen LogP contribution in [0.2, 0.25) is 0 Å². The molecule has 29 heavy (non-hydrogen) atoms. The van der Waals surface area contributed by atoms with Crippen LogP contribution in [0.5, 0.6) is 0 Å². The molecular weight excluding hydrogens is 375 g/mol. The normalized spacial score (nSPS) is 10.8. The lowest BCUT2D eigenvalue weighted by Crippen LogP contribution is -2.33. The minimum Gasteiger partial charge on any atom is -0.342 e. The Bertz CT molecular complexity index is 1130. The Morgan fingerprint density at radius 2 is 1.93 bits per heavy atom. The second kappa shape index (κ2) is 7.93. The molecule has 0 radical (unpaired) electrons. The van der Waals surface area contributed by atoms with Crippen LogP contribution in [-0.4, -0.2) is 37.8 Å². The molecule has 0 saturated heterocycles. The molecule has 9 heteroatoms. The van der Waals surface area contributed by atoms with Crippen molar-refractivity contribution in [1.82, 2.24) is 24.7 Å². The van der Waals surface area contributed by atoms with E-state index in [2.05, 4.69) is 20.8 Å². The number of halogens is 1. The van der Waals surface area contributed by atoms with Gasteiger partial charge in [0.25, 0.3) is 5.91 Å². The molecule has 4 aromatic rings. The van der Waals surface area contributed by atoms with Crippen molar-refractivity contribution in [2.75, 3.05) is 11.9 Å². The number of anilines is 1. The lowest BCUT2D eigenvalue weighted by atomic mass is 10.2. The summed E-state index contributed by atoms with van der Waals surface area (Å²) in [6, 6.07) is 13.2. The van der Waals surface area contributed by atoms with Crippen LogP contribution in [0.1, 0.15) is 16.1 Å². The van der Waals surface area contributed by atoms with Crippen LogP contribution in [0.3, 0.4) is 0 Å². The Labute approximate surface area is 165 Å². The molecule has 0 aliphatic rings. The van der Waals surface area contributed by atoms with Crippen molar-refractivity contribution < 1.29 is 14.0 Å². The number of hydrogen-bond acceptors (Lipinski definition) is 4. The van der Waals surface area contributed by atoms with E-state index >= 15 is 0 Å². The van der Waals surface area contributed by atoms with E-state index in [0.29, 0.717) is 12.2 Å². The van der Waals surface area contributed by atoms with Gasteiger partial charge in [-0.05, 0) is 35.9 Å². The molecular formula is C20H17FN6O2. The maximum atomic E-state index is 13.0. The molecule has 8 nitrogen and oxygen atoms in total. The second-order valence-corrected chi connectivity index (χ2v) is 6.38. The third-order valence-electron chi connectivity index (χ3n) is 4.19. The van der Waals surface area contributed by atoms with E-state index < -0.39 is 5.91 Å². The van der Waals surface area contributed by atoms with Gasteiger partial charge in [0.15, 0.2) is 5.69 Å². The minimum absolute atomic E-state index is 0.199. The number of rotatable bonds is 6. The maximum absolute atomic E-state index is 13.0. The summed E-state index contributed by atoms with van der Waals surface area (Å²) in [5.41, 5.74) is 2.40. The van der Waals surface area contributed by atoms with Crippen LogP contribution in [0.15, 0.2) is 67.1 Å². The van der Waals surface area contributed by atoms with E-state index in [1.54, 1.807) is 39.8 Å². The molecule has 0 unspecified atom stereocenters. The minimum atomic E-state index is -0.434. The van der Waals surface area contributed by atoms with Crippen LogP contribution in [0.25, 0.3) is 5.52 Å². The highest BCUT2D eigenvalue weighted by Gasteiger charge is 2.12. The van der Waals surface area contributed by atoms with Gasteiger partial charge in [-0.25, -0.2) is 8.91 Å². The van der Waals surface area contributed by atoms with Crippen molar-refractivity contribution in [3.05, 3.63) is 84.2 Å². The zero-order valence-electron chi connectivity index (χ0n) is 15.2. The second-order valence-electron chi connectivity index (χ2n) is 6.38. The molecule has 1 aromatic carbocycles. The topological polar surface area (TPSA) is 93.3 Å². The highest BCUT2D eigenvalue weighted by atomic mass is 19.1. The van der Waals surface area contributed by atoms with Crippen molar-refractivity contribution in [3.8, 4) is 0 Å². The number of benzene rings is 1. The van der Waals surface area contributed by atoms with Crippen molar-refractivity contribution in [1.29, 1.82) is 0 Å². The van der Waals surface area contributed by atoms with Gasteiger partial charge in [0.05, 0.1) is 30.5 Å². The van der Waals surface area contributed by atoms with Crippen LogP contribution < -0.4 is 10.6 Å². The van der Waals surface area contributed by atoms with Gasteiger partial charge in [-0.2, -0.15) is 10.2 Å². The molecule has 3 heterocycles. The summed E-state index contributed by atoms with van der Waals surface area (Å²) in [6.45, 7) is 0.247. The molecule has 0 atom stereocenters. The van der Waals surface area contributed by atoms with Gasteiger partial charge in [-0.3, -0.25) is 14.3 Å². The van der Waals surface area contributed by atoms with E-state index in [4.69, 9.17) is 0 Å². The summed E-state index contributed by atoms with van der Waals surface area (Å²) in [5, 5.41) is 13.5. The molecule has 146 valence electrons. The lowest BCUT2D eigenvalue weighted by molar-refractivity contribution is -0.115. The summed E-state index contributed by atoms with van der Waals surface area (Å²) >= 11 is 0. The Morgan fingerprint density at radius 1 is 1.10 bits per heavy atom. The van der Waals surface area contributed by atoms with Crippen LogP contribution in [0.4, 0.5) is 10.1 Å².